The Balaban J connectivity index is 2.65. The van der Waals surface area contributed by atoms with Crippen molar-refractivity contribution in [2.75, 3.05) is 47.1 Å². The third kappa shape index (κ3) is 3.68. The molecule has 0 saturated carbocycles. The molecule has 0 bridgehead atoms. The fourth-order valence-corrected chi connectivity index (χ4v) is 2.02. The van der Waals surface area contributed by atoms with Gasteiger partial charge >= 0.3 is 0 Å². The molecule has 1 heterocycles. The van der Waals surface area contributed by atoms with Crippen molar-refractivity contribution in [3.8, 4) is 0 Å². The minimum Gasteiger partial charge on any atom is -0.383 e. The van der Waals surface area contributed by atoms with Gasteiger partial charge in [0.25, 0.3) is 0 Å². The normalized spacial score (nSPS) is 22.9. The van der Waals surface area contributed by atoms with E-state index in [-0.39, 0.29) is 18.2 Å². The highest BCUT2D eigenvalue weighted by Crippen LogP contribution is 2.27. The highest BCUT2D eigenvalue weighted by molar-refractivity contribution is 5.92. The van der Waals surface area contributed by atoms with E-state index in [4.69, 9.17) is 9.47 Å². The summed E-state index contributed by atoms with van der Waals surface area (Å²) < 4.78 is 10.0. The average molecular weight is 258 g/mol. The number of hydrogen-bond donors (Lipinski definition) is 1. The van der Waals surface area contributed by atoms with Gasteiger partial charge in [-0.2, -0.15) is 0 Å². The van der Waals surface area contributed by atoms with E-state index in [0.717, 1.165) is 0 Å². The van der Waals surface area contributed by atoms with Crippen LogP contribution in [0.25, 0.3) is 0 Å². The molecule has 6 nitrogen and oxygen atoms in total. The standard InChI is InChI=1S/C12H22N2O4/c1-12(8-10(15)13-9-12)11(16)14(4-6-17-2)5-7-18-3/h4-9H2,1-3H3,(H,13,15). The van der Waals surface area contributed by atoms with Crippen molar-refractivity contribution < 1.29 is 19.1 Å². The summed E-state index contributed by atoms with van der Waals surface area (Å²) in [6.07, 6.45) is 0.252. The molecule has 1 rings (SSSR count). The van der Waals surface area contributed by atoms with E-state index in [1.165, 1.54) is 0 Å². The van der Waals surface area contributed by atoms with Crippen molar-refractivity contribution in [1.29, 1.82) is 0 Å². The lowest BCUT2D eigenvalue weighted by molar-refractivity contribution is -0.142. The quantitative estimate of drug-likeness (QED) is 0.677. The molecule has 18 heavy (non-hydrogen) atoms. The van der Waals surface area contributed by atoms with Crippen molar-refractivity contribution in [2.45, 2.75) is 13.3 Å². The first kappa shape index (κ1) is 14.9. The van der Waals surface area contributed by atoms with Crippen LogP contribution in [0, 0.1) is 5.41 Å². The van der Waals surface area contributed by atoms with Crippen LogP contribution in [0.5, 0.6) is 0 Å². The number of carbonyl (C=O) groups is 2. The lowest BCUT2D eigenvalue weighted by Crippen LogP contribution is -2.46. The van der Waals surface area contributed by atoms with E-state index in [0.29, 0.717) is 32.8 Å². The van der Waals surface area contributed by atoms with Gasteiger partial charge in [-0.3, -0.25) is 9.59 Å². The number of carbonyl (C=O) groups excluding carboxylic acids is 2. The number of rotatable bonds is 7. The first-order chi connectivity index (χ1) is 8.53. The number of amides is 2. The van der Waals surface area contributed by atoms with Crippen LogP contribution >= 0.6 is 0 Å². The summed E-state index contributed by atoms with van der Waals surface area (Å²) in [5.74, 6) is -0.0840. The van der Waals surface area contributed by atoms with Gasteiger partial charge < -0.3 is 19.7 Å². The monoisotopic (exact) mass is 258 g/mol. The second-order valence-electron chi connectivity index (χ2n) is 4.79. The zero-order chi connectivity index (χ0) is 13.6. The highest BCUT2D eigenvalue weighted by Gasteiger charge is 2.42. The second-order valence-corrected chi connectivity index (χ2v) is 4.79. The molecule has 1 aliphatic rings. The molecule has 1 N–H and O–H groups in total. The molecule has 0 radical (unpaired) electrons. The van der Waals surface area contributed by atoms with Crippen LogP contribution in [0.15, 0.2) is 0 Å². The molecule has 0 aromatic heterocycles. The van der Waals surface area contributed by atoms with Crippen molar-refractivity contribution in [3.05, 3.63) is 0 Å². The van der Waals surface area contributed by atoms with Crippen LogP contribution in [-0.2, 0) is 19.1 Å². The fraction of sp³-hybridized carbons (Fsp3) is 0.833. The zero-order valence-corrected chi connectivity index (χ0v) is 11.3. The largest absolute Gasteiger partial charge is 0.383 e. The molecule has 1 unspecified atom stereocenters. The summed E-state index contributed by atoms with van der Waals surface area (Å²) in [5.41, 5.74) is -0.640. The van der Waals surface area contributed by atoms with Crippen molar-refractivity contribution in [1.82, 2.24) is 10.2 Å². The van der Waals surface area contributed by atoms with Gasteiger partial charge in [-0.05, 0) is 6.92 Å². The number of ether oxygens (including phenoxy) is 2. The summed E-state index contributed by atoms with van der Waals surface area (Å²) in [4.78, 5) is 25.4. The third-order valence-electron chi connectivity index (χ3n) is 3.16. The Kier molecular flexibility index (Phi) is 5.55. The van der Waals surface area contributed by atoms with Gasteiger partial charge in [-0.1, -0.05) is 0 Å². The van der Waals surface area contributed by atoms with E-state index in [2.05, 4.69) is 5.32 Å². The molecule has 0 aromatic rings. The summed E-state index contributed by atoms with van der Waals surface area (Å²) in [5, 5.41) is 2.71. The topological polar surface area (TPSA) is 67.9 Å². The van der Waals surface area contributed by atoms with E-state index in [1.54, 1.807) is 19.1 Å². The van der Waals surface area contributed by atoms with Gasteiger partial charge in [-0.25, -0.2) is 0 Å². The van der Waals surface area contributed by atoms with Crippen LogP contribution in [0.1, 0.15) is 13.3 Å². The van der Waals surface area contributed by atoms with Gasteiger partial charge in [0, 0.05) is 40.3 Å². The van der Waals surface area contributed by atoms with E-state index in [9.17, 15) is 9.59 Å². The van der Waals surface area contributed by atoms with Gasteiger partial charge in [0.05, 0.1) is 18.6 Å². The summed E-state index contributed by atoms with van der Waals surface area (Å²) in [6.45, 7) is 4.21. The molecule has 2 amide bonds. The molecule has 1 atom stereocenters. The van der Waals surface area contributed by atoms with E-state index < -0.39 is 5.41 Å². The molecule has 104 valence electrons. The van der Waals surface area contributed by atoms with Crippen LogP contribution in [0.4, 0.5) is 0 Å². The Hall–Kier alpha value is -1.14. The number of methoxy groups -OCH3 is 2. The predicted molar refractivity (Wildman–Crippen MR) is 66.1 cm³/mol. The Morgan fingerprint density at radius 2 is 1.89 bits per heavy atom. The molecule has 1 aliphatic heterocycles. The van der Waals surface area contributed by atoms with Crippen LogP contribution < -0.4 is 5.32 Å². The van der Waals surface area contributed by atoms with Gasteiger partial charge in [0.2, 0.25) is 11.8 Å². The zero-order valence-electron chi connectivity index (χ0n) is 11.3. The molecule has 0 spiro atoms. The van der Waals surface area contributed by atoms with Crippen molar-refractivity contribution in [3.63, 3.8) is 0 Å². The summed E-state index contributed by atoms with van der Waals surface area (Å²) in [6, 6.07) is 0. The maximum atomic E-state index is 12.4. The van der Waals surface area contributed by atoms with Gasteiger partial charge in [-0.15, -0.1) is 0 Å². The van der Waals surface area contributed by atoms with E-state index in [1.807, 2.05) is 6.92 Å². The van der Waals surface area contributed by atoms with Crippen LogP contribution in [0.2, 0.25) is 0 Å². The van der Waals surface area contributed by atoms with Gasteiger partial charge in [0.1, 0.15) is 0 Å². The van der Waals surface area contributed by atoms with E-state index >= 15 is 0 Å². The lowest BCUT2D eigenvalue weighted by atomic mass is 9.88. The number of nitrogens with one attached hydrogen (secondary N) is 1. The molecule has 6 heteroatoms. The third-order valence-corrected chi connectivity index (χ3v) is 3.16. The van der Waals surface area contributed by atoms with Crippen LogP contribution in [0.3, 0.4) is 0 Å². The number of hydrogen-bond acceptors (Lipinski definition) is 4. The Morgan fingerprint density at radius 3 is 2.28 bits per heavy atom. The molecule has 0 aliphatic carbocycles. The maximum absolute atomic E-state index is 12.4. The summed E-state index contributed by atoms with van der Waals surface area (Å²) in [7, 11) is 3.20. The molecule has 1 fully saturated rings. The highest BCUT2D eigenvalue weighted by atomic mass is 16.5. The fourth-order valence-electron chi connectivity index (χ4n) is 2.02. The Morgan fingerprint density at radius 1 is 1.33 bits per heavy atom. The molecule has 1 saturated heterocycles. The predicted octanol–water partition coefficient (Wildman–Crippen LogP) is -0.366. The molecular formula is C12H22N2O4. The minimum absolute atomic E-state index is 0.0186. The number of nitrogens with zero attached hydrogens (tertiary/aromatic N) is 1. The Bertz CT molecular complexity index is 300. The van der Waals surface area contributed by atoms with Gasteiger partial charge in [0.15, 0.2) is 0 Å². The first-order valence-corrected chi connectivity index (χ1v) is 6.07. The summed E-state index contributed by atoms with van der Waals surface area (Å²) >= 11 is 0. The Labute approximate surface area is 108 Å². The average Bonchev–Trinajstić information content (AvgIpc) is 2.70. The van der Waals surface area contributed by atoms with Crippen molar-refractivity contribution in [2.24, 2.45) is 5.41 Å². The SMILES string of the molecule is COCCN(CCOC)C(=O)C1(C)CNC(=O)C1. The van der Waals surface area contributed by atoms with Crippen LogP contribution in [-0.4, -0.2) is 63.8 Å². The molecular weight excluding hydrogens is 236 g/mol. The molecule has 0 aromatic carbocycles. The minimum atomic E-state index is -0.640. The van der Waals surface area contributed by atoms with Crippen molar-refractivity contribution >= 4 is 11.8 Å². The first-order valence-electron chi connectivity index (χ1n) is 6.07. The lowest BCUT2D eigenvalue weighted by Gasteiger charge is -2.30. The maximum Gasteiger partial charge on any atom is 0.230 e. The second kappa shape index (κ2) is 6.70. The smallest absolute Gasteiger partial charge is 0.230 e.